The van der Waals surface area contributed by atoms with Crippen LogP contribution in [0.25, 0.3) is 6.08 Å². The maximum absolute atomic E-state index is 10.6. The normalized spacial score (nSPS) is 10.8. The van der Waals surface area contributed by atoms with E-state index in [2.05, 4.69) is 10.2 Å². The number of aliphatic hydroxyl groups is 1. The molecular formula is C8H10N2O2. The minimum absolute atomic E-state index is 0.125. The fraction of sp³-hybridized carbons (Fsp3) is 0.250. The molecule has 0 aliphatic carbocycles. The SMILES string of the molecule is O=c1ccc(C=CCCO)n[nH]1. The van der Waals surface area contributed by atoms with E-state index in [1.54, 1.807) is 18.2 Å². The molecule has 0 bridgehead atoms. The summed E-state index contributed by atoms with van der Waals surface area (Å²) in [5, 5.41) is 14.5. The summed E-state index contributed by atoms with van der Waals surface area (Å²) in [6.07, 6.45) is 4.13. The smallest absolute Gasteiger partial charge is 0.264 e. The van der Waals surface area contributed by atoms with Crippen LogP contribution in [0.5, 0.6) is 0 Å². The Morgan fingerprint density at radius 1 is 1.58 bits per heavy atom. The molecule has 0 aliphatic rings. The summed E-state index contributed by atoms with van der Waals surface area (Å²) in [5.41, 5.74) is 0.470. The van der Waals surface area contributed by atoms with E-state index in [4.69, 9.17) is 5.11 Å². The summed E-state index contributed by atoms with van der Waals surface area (Å²) in [6.45, 7) is 0.125. The summed E-state index contributed by atoms with van der Waals surface area (Å²) in [6, 6.07) is 3.03. The lowest BCUT2D eigenvalue weighted by atomic mass is 10.3. The van der Waals surface area contributed by atoms with E-state index >= 15 is 0 Å². The molecule has 2 N–H and O–H groups in total. The first kappa shape index (κ1) is 8.67. The number of aromatic amines is 1. The van der Waals surface area contributed by atoms with Gasteiger partial charge in [0.15, 0.2) is 0 Å². The Kier molecular flexibility index (Phi) is 3.22. The van der Waals surface area contributed by atoms with Crippen LogP contribution in [-0.4, -0.2) is 21.9 Å². The summed E-state index contributed by atoms with van der Waals surface area (Å²) in [4.78, 5) is 10.6. The van der Waals surface area contributed by atoms with Gasteiger partial charge in [-0.2, -0.15) is 5.10 Å². The third-order valence-electron chi connectivity index (χ3n) is 1.29. The van der Waals surface area contributed by atoms with Crippen molar-refractivity contribution in [2.75, 3.05) is 6.61 Å². The maximum atomic E-state index is 10.6. The number of hydrogen-bond acceptors (Lipinski definition) is 3. The van der Waals surface area contributed by atoms with Crippen LogP contribution >= 0.6 is 0 Å². The molecule has 1 heterocycles. The fourth-order valence-corrected chi connectivity index (χ4v) is 0.727. The van der Waals surface area contributed by atoms with Gasteiger partial charge >= 0.3 is 0 Å². The molecule has 1 rings (SSSR count). The van der Waals surface area contributed by atoms with Gasteiger partial charge in [-0.25, -0.2) is 5.10 Å². The number of nitrogens with zero attached hydrogens (tertiary/aromatic N) is 1. The molecule has 4 heteroatoms. The van der Waals surface area contributed by atoms with Gasteiger partial charge in [0.1, 0.15) is 0 Å². The molecule has 0 atom stereocenters. The third-order valence-corrected chi connectivity index (χ3v) is 1.29. The van der Waals surface area contributed by atoms with Crippen molar-refractivity contribution < 1.29 is 5.11 Å². The number of nitrogens with one attached hydrogen (secondary N) is 1. The fourth-order valence-electron chi connectivity index (χ4n) is 0.727. The van der Waals surface area contributed by atoms with E-state index in [1.165, 1.54) is 6.07 Å². The number of aliphatic hydroxyl groups excluding tert-OH is 1. The van der Waals surface area contributed by atoms with Gasteiger partial charge in [0.05, 0.1) is 5.69 Å². The zero-order valence-electron chi connectivity index (χ0n) is 6.53. The van der Waals surface area contributed by atoms with Gasteiger partial charge in [-0.1, -0.05) is 6.08 Å². The van der Waals surface area contributed by atoms with Gasteiger partial charge in [0, 0.05) is 12.7 Å². The Labute approximate surface area is 69.6 Å². The average Bonchev–Trinajstić information content (AvgIpc) is 2.09. The van der Waals surface area contributed by atoms with E-state index in [0.29, 0.717) is 12.1 Å². The highest BCUT2D eigenvalue weighted by atomic mass is 16.2. The summed E-state index contributed by atoms with van der Waals surface area (Å²) in [7, 11) is 0. The highest BCUT2D eigenvalue weighted by molar-refractivity contribution is 5.42. The van der Waals surface area contributed by atoms with Crippen molar-refractivity contribution in [2.24, 2.45) is 0 Å². The Bertz CT molecular complexity index is 297. The lowest BCUT2D eigenvalue weighted by Gasteiger charge is -1.88. The van der Waals surface area contributed by atoms with Crippen LogP contribution in [0.3, 0.4) is 0 Å². The zero-order chi connectivity index (χ0) is 8.81. The van der Waals surface area contributed by atoms with Crippen molar-refractivity contribution in [3.8, 4) is 0 Å². The first-order chi connectivity index (χ1) is 5.83. The van der Waals surface area contributed by atoms with Crippen molar-refractivity contribution in [1.29, 1.82) is 0 Å². The monoisotopic (exact) mass is 166 g/mol. The van der Waals surface area contributed by atoms with Gasteiger partial charge in [0.2, 0.25) is 0 Å². The van der Waals surface area contributed by atoms with E-state index in [9.17, 15) is 4.79 Å². The van der Waals surface area contributed by atoms with Crippen molar-refractivity contribution in [3.63, 3.8) is 0 Å². The first-order valence-electron chi connectivity index (χ1n) is 3.66. The zero-order valence-corrected chi connectivity index (χ0v) is 6.53. The molecule has 0 amide bonds. The Balaban J connectivity index is 2.64. The first-order valence-corrected chi connectivity index (χ1v) is 3.66. The number of rotatable bonds is 3. The van der Waals surface area contributed by atoms with Gasteiger partial charge in [-0.3, -0.25) is 4.79 Å². The molecule has 0 fully saturated rings. The van der Waals surface area contributed by atoms with Gasteiger partial charge < -0.3 is 5.11 Å². The van der Waals surface area contributed by atoms with Crippen LogP contribution in [0, 0.1) is 0 Å². The second kappa shape index (κ2) is 4.46. The quantitative estimate of drug-likeness (QED) is 0.672. The van der Waals surface area contributed by atoms with Crippen LogP contribution in [0.15, 0.2) is 23.0 Å². The van der Waals surface area contributed by atoms with Crippen LogP contribution < -0.4 is 5.56 Å². The predicted molar refractivity (Wildman–Crippen MR) is 45.6 cm³/mol. The molecule has 0 radical (unpaired) electrons. The third kappa shape index (κ3) is 2.67. The molecule has 1 aromatic rings. The van der Waals surface area contributed by atoms with Crippen LogP contribution in [0.4, 0.5) is 0 Å². The lowest BCUT2D eigenvalue weighted by molar-refractivity contribution is 0.303. The summed E-state index contributed by atoms with van der Waals surface area (Å²) < 4.78 is 0. The van der Waals surface area contributed by atoms with Crippen molar-refractivity contribution >= 4 is 6.08 Å². The van der Waals surface area contributed by atoms with Gasteiger partial charge in [0.25, 0.3) is 5.56 Å². The van der Waals surface area contributed by atoms with E-state index in [-0.39, 0.29) is 12.2 Å². The maximum Gasteiger partial charge on any atom is 0.264 e. The highest BCUT2D eigenvalue weighted by Gasteiger charge is 1.86. The number of H-pyrrole nitrogens is 1. The molecule has 1 aromatic heterocycles. The van der Waals surface area contributed by atoms with Gasteiger partial charge in [-0.05, 0) is 18.6 Å². The minimum atomic E-state index is -0.214. The topological polar surface area (TPSA) is 66.0 Å². The molecule has 64 valence electrons. The lowest BCUT2D eigenvalue weighted by Crippen LogP contribution is -2.05. The molecule has 12 heavy (non-hydrogen) atoms. The Hall–Kier alpha value is -1.42. The highest BCUT2D eigenvalue weighted by Crippen LogP contribution is 1.93. The summed E-state index contributed by atoms with van der Waals surface area (Å²) >= 11 is 0. The van der Waals surface area contributed by atoms with Crippen LogP contribution in [0.1, 0.15) is 12.1 Å². The van der Waals surface area contributed by atoms with Crippen molar-refractivity contribution in [2.45, 2.75) is 6.42 Å². The molecule has 4 nitrogen and oxygen atoms in total. The molecule has 0 aromatic carbocycles. The van der Waals surface area contributed by atoms with Crippen molar-refractivity contribution in [3.05, 3.63) is 34.3 Å². The van der Waals surface area contributed by atoms with E-state index in [0.717, 1.165) is 0 Å². The molecule has 0 saturated heterocycles. The average molecular weight is 166 g/mol. The number of aromatic nitrogens is 2. The second-order valence-electron chi connectivity index (χ2n) is 2.26. The largest absolute Gasteiger partial charge is 0.396 e. The predicted octanol–water partition coefficient (Wildman–Crippen LogP) is 0.166. The molecular weight excluding hydrogens is 156 g/mol. The summed E-state index contributed by atoms with van der Waals surface area (Å²) in [5.74, 6) is 0. The molecule has 0 aliphatic heterocycles. The van der Waals surface area contributed by atoms with Crippen LogP contribution in [-0.2, 0) is 0 Å². The number of hydrogen-bond donors (Lipinski definition) is 2. The molecule has 0 saturated carbocycles. The molecule has 0 spiro atoms. The van der Waals surface area contributed by atoms with E-state index < -0.39 is 0 Å². The second-order valence-corrected chi connectivity index (χ2v) is 2.26. The van der Waals surface area contributed by atoms with Gasteiger partial charge in [-0.15, -0.1) is 0 Å². The standard InChI is InChI=1S/C8H10N2O2/c11-6-2-1-3-7-4-5-8(12)10-9-7/h1,3-5,11H,2,6H2,(H,10,12). The minimum Gasteiger partial charge on any atom is -0.396 e. The van der Waals surface area contributed by atoms with Crippen molar-refractivity contribution in [1.82, 2.24) is 10.2 Å². The van der Waals surface area contributed by atoms with Crippen LogP contribution in [0.2, 0.25) is 0 Å². The van der Waals surface area contributed by atoms with E-state index in [1.807, 2.05) is 0 Å². The Morgan fingerprint density at radius 3 is 3.00 bits per heavy atom. The molecule has 0 unspecified atom stereocenters. The Morgan fingerprint density at radius 2 is 2.42 bits per heavy atom.